The van der Waals surface area contributed by atoms with Gasteiger partial charge in [-0.15, -0.1) is 17.3 Å². The smallest absolute Gasteiger partial charge is 0.0326 e. The Bertz CT molecular complexity index is 1510. The first-order valence-electron chi connectivity index (χ1n) is 12.8. The molecule has 5 heteroatoms. The zero-order valence-electron chi connectivity index (χ0n) is 21.8. The molecular weight excluding hydrogens is 657 g/mol. The van der Waals surface area contributed by atoms with Crippen molar-refractivity contribution < 1.29 is 20.1 Å². The van der Waals surface area contributed by atoms with Gasteiger partial charge in [-0.2, -0.15) is 55.2 Å². The third kappa shape index (κ3) is 5.48. The van der Waals surface area contributed by atoms with Crippen LogP contribution in [0.5, 0.6) is 0 Å². The van der Waals surface area contributed by atoms with Crippen LogP contribution in [0.1, 0.15) is 18.5 Å². The average Bonchev–Trinajstić information content (AvgIpc) is 3.51. The van der Waals surface area contributed by atoms with Crippen LogP contribution in [0.4, 0.5) is 28.4 Å². The molecule has 39 heavy (non-hydrogen) atoms. The van der Waals surface area contributed by atoms with Crippen LogP contribution in [-0.4, -0.2) is 7.05 Å². The Morgan fingerprint density at radius 1 is 0.667 bits per heavy atom. The Morgan fingerprint density at radius 3 is 2.08 bits per heavy atom. The number of para-hydroxylation sites is 4. The Hall–Kier alpha value is -3.89. The summed E-state index contributed by atoms with van der Waals surface area (Å²) in [5, 5.41) is 1.99. The van der Waals surface area contributed by atoms with Crippen molar-refractivity contribution >= 4 is 28.4 Å². The number of hydrogen-bond donors (Lipinski definition) is 0. The summed E-state index contributed by atoms with van der Waals surface area (Å²) in [7, 11) is 2.06. The van der Waals surface area contributed by atoms with Gasteiger partial charge < -0.3 is 20.2 Å². The van der Waals surface area contributed by atoms with E-state index >= 15 is 0 Å². The van der Waals surface area contributed by atoms with Gasteiger partial charge in [0.2, 0.25) is 0 Å². The largest absolute Gasteiger partial charge is 0.558 e. The summed E-state index contributed by atoms with van der Waals surface area (Å²) in [6.07, 6.45) is 0. The van der Waals surface area contributed by atoms with E-state index in [1.54, 1.807) is 0 Å². The van der Waals surface area contributed by atoms with Crippen molar-refractivity contribution in [2.45, 2.75) is 13.0 Å². The molecule has 0 fully saturated rings. The van der Waals surface area contributed by atoms with Crippen LogP contribution in [0, 0.1) is 18.8 Å². The van der Waals surface area contributed by atoms with Crippen molar-refractivity contribution in [3.8, 4) is 11.1 Å². The first-order chi connectivity index (χ1) is 18.7. The van der Waals surface area contributed by atoms with Crippen LogP contribution in [0.15, 0.2) is 121 Å². The summed E-state index contributed by atoms with van der Waals surface area (Å²) >= 11 is 0. The molecule has 5 aromatic rings. The molecule has 0 saturated carbocycles. The standard InChI is InChI=1S/C20H16N2.C14H12N2.Ir/c1-15-19-9-5-6-10-20(19)22(21-15)18-13-11-17(12-14-18)16-7-3-2-4-8-16;1-15-11-16(12-7-3-2-4-8-12)14-10-6-5-9-13(14)15;/h2-13,15H,1H3;2-7,9-11H,1H3;/q2*-2;. The second-order valence-electron chi connectivity index (χ2n) is 9.32. The molecule has 197 valence electrons. The van der Waals surface area contributed by atoms with E-state index in [1.807, 2.05) is 35.3 Å². The molecule has 0 aromatic heterocycles. The van der Waals surface area contributed by atoms with E-state index in [1.165, 1.54) is 28.1 Å². The summed E-state index contributed by atoms with van der Waals surface area (Å²) in [6, 6.07) is 48.1. The molecule has 0 aliphatic carbocycles. The third-order valence-electron chi connectivity index (χ3n) is 6.80. The molecular formula is C34H28IrN4-4. The average molecular weight is 685 g/mol. The first-order valence-corrected chi connectivity index (χ1v) is 12.8. The molecule has 0 N–H and O–H groups in total. The maximum absolute atomic E-state index is 4.73. The number of hydrogen-bond acceptors (Lipinski definition) is 3. The van der Waals surface area contributed by atoms with Crippen LogP contribution in [0.3, 0.4) is 0 Å². The predicted molar refractivity (Wildman–Crippen MR) is 158 cm³/mol. The Labute approximate surface area is 244 Å². The molecule has 0 saturated heterocycles. The van der Waals surface area contributed by atoms with Crippen LogP contribution in [0.2, 0.25) is 0 Å². The van der Waals surface area contributed by atoms with Crippen molar-refractivity contribution in [2.24, 2.45) is 0 Å². The summed E-state index contributed by atoms with van der Waals surface area (Å²) < 4.78 is 0. The first kappa shape index (κ1) is 26.7. The van der Waals surface area contributed by atoms with Gasteiger partial charge in [0, 0.05) is 37.2 Å². The van der Waals surface area contributed by atoms with Crippen LogP contribution in [0.25, 0.3) is 16.6 Å². The summed E-state index contributed by atoms with van der Waals surface area (Å²) in [6.45, 7) is 4.20. The SMILES string of the molecule is CC1[N-]N(c2[c-]cc(-c3ccccc3)cc2)c2ccccc21.CN1[CH-]N(c2[c-]cccc2)c2ccccc21.[Ir]. The minimum absolute atomic E-state index is 0. The Morgan fingerprint density at radius 2 is 1.36 bits per heavy atom. The third-order valence-corrected chi connectivity index (χ3v) is 6.80. The Balaban J connectivity index is 0.000000161. The minimum Gasteiger partial charge on any atom is -0.558 e. The number of rotatable bonds is 3. The van der Waals surface area contributed by atoms with Crippen LogP contribution in [-0.2, 0) is 20.1 Å². The van der Waals surface area contributed by atoms with Crippen LogP contribution >= 0.6 is 0 Å². The molecule has 0 spiro atoms. The quantitative estimate of drug-likeness (QED) is 0.178. The fourth-order valence-corrected chi connectivity index (χ4v) is 4.87. The zero-order valence-corrected chi connectivity index (χ0v) is 24.2. The zero-order chi connectivity index (χ0) is 25.9. The van der Waals surface area contributed by atoms with Gasteiger partial charge in [-0.05, 0) is 30.8 Å². The minimum atomic E-state index is 0. The van der Waals surface area contributed by atoms with Gasteiger partial charge in [0.25, 0.3) is 0 Å². The fraction of sp³-hybridized carbons (Fsp3) is 0.0882. The Kier molecular flexibility index (Phi) is 8.13. The van der Waals surface area contributed by atoms with E-state index < -0.39 is 0 Å². The van der Waals surface area contributed by atoms with Crippen molar-refractivity contribution in [1.82, 2.24) is 0 Å². The summed E-state index contributed by atoms with van der Waals surface area (Å²) in [5.41, 5.74) is 14.0. The van der Waals surface area contributed by atoms with Gasteiger partial charge in [-0.25, -0.2) is 0 Å². The second kappa shape index (κ2) is 11.9. The number of benzene rings is 5. The van der Waals surface area contributed by atoms with E-state index in [9.17, 15) is 0 Å². The number of fused-ring (bicyclic) bond motifs is 2. The normalized spacial score (nSPS) is 15.1. The molecule has 2 aliphatic heterocycles. The molecule has 1 radical (unpaired) electrons. The van der Waals surface area contributed by atoms with Crippen molar-refractivity contribution in [3.63, 3.8) is 0 Å². The fourth-order valence-electron chi connectivity index (χ4n) is 4.87. The van der Waals surface area contributed by atoms with Gasteiger partial charge in [0.15, 0.2) is 0 Å². The van der Waals surface area contributed by atoms with Gasteiger partial charge in [0.05, 0.1) is 0 Å². The monoisotopic (exact) mass is 685 g/mol. The van der Waals surface area contributed by atoms with Crippen molar-refractivity contribution in [3.05, 3.63) is 151 Å². The van der Waals surface area contributed by atoms with Gasteiger partial charge in [0.1, 0.15) is 0 Å². The summed E-state index contributed by atoms with van der Waals surface area (Å²) in [5.74, 6) is 0. The van der Waals surface area contributed by atoms with Crippen molar-refractivity contribution in [2.75, 3.05) is 21.9 Å². The van der Waals surface area contributed by atoms with E-state index in [4.69, 9.17) is 5.43 Å². The van der Waals surface area contributed by atoms with E-state index in [2.05, 4.69) is 134 Å². The maximum Gasteiger partial charge on any atom is 0.0326 e. The van der Waals surface area contributed by atoms with E-state index in [0.717, 1.165) is 17.1 Å². The summed E-state index contributed by atoms with van der Waals surface area (Å²) in [4.78, 5) is 4.27. The topological polar surface area (TPSA) is 23.8 Å². The number of nitrogens with zero attached hydrogens (tertiary/aromatic N) is 4. The molecule has 2 heterocycles. The molecule has 7 rings (SSSR count). The molecule has 1 unspecified atom stereocenters. The van der Waals surface area contributed by atoms with Gasteiger partial charge in [-0.1, -0.05) is 84.9 Å². The van der Waals surface area contributed by atoms with E-state index in [0.29, 0.717) is 0 Å². The van der Waals surface area contributed by atoms with Gasteiger partial charge >= 0.3 is 0 Å². The molecule has 1 atom stereocenters. The van der Waals surface area contributed by atoms with E-state index in [-0.39, 0.29) is 26.1 Å². The number of anilines is 5. The van der Waals surface area contributed by atoms with Crippen molar-refractivity contribution in [1.29, 1.82) is 0 Å². The molecule has 4 nitrogen and oxygen atoms in total. The predicted octanol–water partition coefficient (Wildman–Crippen LogP) is 8.85. The maximum atomic E-state index is 4.73. The molecule has 0 bridgehead atoms. The molecule has 0 amide bonds. The van der Waals surface area contributed by atoms with Gasteiger partial charge in [-0.3, -0.25) is 0 Å². The van der Waals surface area contributed by atoms with Crippen LogP contribution < -0.4 is 14.8 Å². The second-order valence-corrected chi connectivity index (χ2v) is 9.32. The molecule has 5 aromatic carbocycles. The molecule has 2 aliphatic rings.